The van der Waals surface area contributed by atoms with Crippen molar-refractivity contribution in [3.8, 4) is 10.4 Å². The molecule has 0 spiro atoms. The minimum absolute atomic E-state index is 0.0623. The van der Waals surface area contributed by atoms with Gasteiger partial charge in [-0.15, -0.1) is 11.3 Å². The lowest BCUT2D eigenvalue weighted by Gasteiger charge is -2.11. The maximum absolute atomic E-state index is 13.9. The van der Waals surface area contributed by atoms with E-state index in [9.17, 15) is 17.6 Å². The second kappa shape index (κ2) is 8.28. The molecule has 0 fully saturated rings. The zero-order valence-electron chi connectivity index (χ0n) is 15.8. The number of hydrogen-bond acceptors (Lipinski definition) is 4. The minimum Gasteiger partial charge on any atom is -0.322 e. The van der Waals surface area contributed by atoms with Crippen LogP contribution in [0.4, 0.5) is 10.1 Å². The van der Waals surface area contributed by atoms with Gasteiger partial charge < -0.3 is 5.32 Å². The summed E-state index contributed by atoms with van der Waals surface area (Å²) in [5.41, 5.74) is 2.33. The average molecular weight is 431 g/mol. The second-order valence-electron chi connectivity index (χ2n) is 6.46. The van der Waals surface area contributed by atoms with Gasteiger partial charge in [-0.1, -0.05) is 18.2 Å². The van der Waals surface area contributed by atoms with Crippen LogP contribution in [-0.2, 0) is 14.8 Å². The predicted molar refractivity (Wildman–Crippen MR) is 115 cm³/mol. The first-order valence-corrected chi connectivity index (χ1v) is 11.0. The highest BCUT2D eigenvalue weighted by molar-refractivity contribution is 7.89. The van der Waals surface area contributed by atoms with Crippen molar-refractivity contribution in [2.75, 3.05) is 5.32 Å². The summed E-state index contributed by atoms with van der Waals surface area (Å²) in [7, 11) is -3.88. The zero-order valence-corrected chi connectivity index (χ0v) is 17.4. The number of hydrogen-bond donors (Lipinski definition) is 2. The number of thiophene rings is 1. The Balaban J connectivity index is 1.78. The lowest BCUT2D eigenvalue weighted by molar-refractivity contribution is -0.111. The number of carbonyl (C=O) groups is 1. The van der Waals surface area contributed by atoms with Gasteiger partial charge in [0.15, 0.2) is 0 Å². The summed E-state index contributed by atoms with van der Waals surface area (Å²) in [4.78, 5) is 13.8. The molecule has 2 aromatic carbocycles. The molecule has 3 N–H and O–H groups in total. The zero-order chi connectivity index (χ0) is 21.2. The fourth-order valence-corrected chi connectivity index (χ4v) is 4.26. The van der Waals surface area contributed by atoms with Gasteiger partial charge in [0, 0.05) is 27.1 Å². The number of sulfonamides is 1. The van der Waals surface area contributed by atoms with Crippen molar-refractivity contribution in [3.05, 3.63) is 76.4 Å². The Morgan fingerprint density at radius 1 is 1.14 bits per heavy atom. The van der Waals surface area contributed by atoms with E-state index >= 15 is 0 Å². The third-order valence-electron chi connectivity index (χ3n) is 4.39. The van der Waals surface area contributed by atoms with Crippen molar-refractivity contribution < 1.29 is 17.6 Å². The molecule has 0 aliphatic rings. The number of primary sulfonamides is 1. The van der Waals surface area contributed by atoms with Crippen LogP contribution in [0.1, 0.15) is 16.0 Å². The van der Waals surface area contributed by atoms with Gasteiger partial charge in [0.1, 0.15) is 5.82 Å². The van der Waals surface area contributed by atoms with Crippen LogP contribution in [0.15, 0.2) is 59.5 Å². The Kier molecular flexibility index (Phi) is 5.97. The fraction of sp³-hybridized carbons (Fsp3) is 0.0952. The highest BCUT2D eigenvalue weighted by Crippen LogP contribution is 2.30. The Morgan fingerprint density at radius 3 is 2.55 bits per heavy atom. The van der Waals surface area contributed by atoms with Crippen LogP contribution < -0.4 is 10.5 Å². The summed E-state index contributed by atoms with van der Waals surface area (Å²) in [6.07, 6.45) is 2.96. The summed E-state index contributed by atoms with van der Waals surface area (Å²) in [6, 6.07) is 12.9. The first kappa shape index (κ1) is 20.9. The summed E-state index contributed by atoms with van der Waals surface area (Å²) < 4.78 is 37.1. The molecule has 0 atom stereocenters. The molecule has 0 saturated carbocycles. The maximum atomic E-state index is 13.9. The van der Waals surface area contributed by atoms with E-state index in [4.69, 9.17) is 5.14 Å². The van der Waals surface area contributed by atoms with E-state index < -0.39 is 15.9 Å². The molecule has 0 saturated heterocycles. The number of rotatable bonds is 5. The maximum Gasteiger partial charge on any atom is 0.248 e. The molecule has 150 valence electrons. The molecule has 5 nitrogen and oxygen atoms in total. The number of carbonyl (C=O) groups excluding carboxylic acids is 1. The molecule has 8 heteroatoms. The fourth-order valence-electron chi connectivity index (χ4n) is 2.70. The molecule has 1 heterocycles. The smallest absolute Gasteiger partial charge is 0.248 e. The quantitative estimate of drug-likeness (QED) is 0.585. The van der Waals surface area contributed by atoms with Gasteiger partial charge in [0.2, 0.25) is 15.9 Å². The first-order valence-electron chi connectivity index (χ1n) is 8.63. The van der Waals surface area contributed by atoms with Crippen LogP contribution in [-0.4, -0.2) is 14.3 Å². The van der Waals surface area contributed by atoms with Crippen LogP contribution in [0, 0.1) is 19.7 Å². The van der Waals surface area contributed by atoms with Crippen molar-refractivity contribution in [3.63, 3.8) is 0 Å². The molecule has 0 unspecified atom stereocenters. The second-order valence-corrected chi connectivity index (χ2v) is 9.14. The molecule has 0 aliphatic heterocycles. The molecule has 0 aliphatic carbocycles. The predicted octanol–water partition coefficient (Wildman–Crippen LogP) is 4.47. The minimum atomic E-state index is -3.88. The monoisotopic (exact) mass is 430 g/mol. The van der Waals surface area contributed by atoms with Crippen molar-refractivity contribution in [2.24, 2.45) is 5.14 Å². The Morgan fingerprint density at radius 2 is 1.86 bits per heavy atom. The largest absolute Gasteiger partial charge is 0.322 e. The third-order valence-corrected chi connectivity index (χ3v) is 6.37. The number of anilines is 1. The van der Waals surface area contributed by atoms with Gasteiger partial charge in [-0.25, -0.2) is 17.9 Å². The first-order chi connectivity index (χ1) is 13.6. The SMILES string of the molecule is Cc1cc(S(N)(=O)=O)cc(NC(=O)/C=C/c2ccc(-c3ccccc3F)s2)c1C. The molecule has 3 rings (SSSR count). The van der Waals surface area contributed by atoms with E-state index in [2.05, 4.69) is 5.32 Å². The summed E-state index contributed by atoms with van der Waals surface area (Å²) in [5.74, 6) is -0.719. The van der Waals surface area contributed by atoms with E-state index in [0.29, 0.717) is 16.8 Å². The molecule has 1 aromatic heterocycles. The Bertz CT molecular complexity index is 1210. The summed E-state index contributed by atoms with van der Waals surface area (Å²) in [5, 5.41) is 7.87. The van der Waals surface area contributed by atoms with Gasteiger partial charge in [-0.2, -0.15) is 0 Å². The van der Waals surface area contributed by atoms with Gasteiger partial charge in [-0.3, -0.25) is 4.79 Å². The topological polar surface area (TPSA) is 89.3 Å². The lowest BCUT2D eigenvalue weighted by atomic mass is 10.1. The van der Waals surface area contributed by atoms with Crippen molar-refractivity contribution in [1.82, 2.24) is 0 Å². The van der Waals surface area contributed by atoms with Crippen molar-refractivity contribution >= 4 is 39.0 Å². The standard InChI is InChI=1S/C21H19FN2O3S2/c1-13-11-16(29(23,26)27)12-19(14(13)2)24-21(25)10-8-15-7-9-20(28-15)17-5-3-4-6-18(17)22/h3-12H,1-2H3,(H,24,25)(H2,23,26,27)/b10-8+. The van der Waals surface area contributed by atoms with Gasteiger partial charge in [0.05, 0.1) is 4.90 Å². The highest BCUT2D eigenvalue weighted by Gasteiger charge is 2.13. The van der Waals surface area contributed by atoms with E-state index in [1.165, 1.54) is 35.6 Å². The van der Waals surface area contributed by atoms with E-state index in [1.807, 2.05) is 0 Å². The highest BCUT2D eigenvalue weighted by atomic mass is 32.2. The van der Waals surface area contributed by atoms with E-state index in [1.54, 1.807) is 50.3 Å². The molecule has 0 radical (unpaired) electrons. The number of halogens is 1. The molecular formula is C21H19FN2O3S2. The van der Waals surface area contributed by atoms with Gasteiger partial charge in [0.25, 0.3) is 0 Å². The summed E-state index contributed by atoms with van der Waals surface area (Å²) in [6.45, 7) is 3.52. The number of nitrogens with two attached hydrogens (primary N) is 1. The molecule has 29 heavy (non-hydrogen) atoms. The summed E-state index contributed by atoms with van der Waals surface area (Å²) >= 11 is 1.36. The van der Waals surface area contributed by atoms with Crippen LogP contribution in [0.25, 0.3) is 16.5 Å². The van der Waals surface area contributed by atoms with Crippen LogP contribution >= 0.6 is 11.3 Å². The van der Waals surface area contributed by atoms with Gasteiger partial charge >= 0.3 is 0 Å². The molecule has 3 aromatic rings. The Labute approximate surface area is 172 Å². The molecule has 1 amide bonds. The lowest BCUT2D eigenvalue weighted by Crippen LogP contribution is -2.15. The number of nitrogens with one attached hydrogen (secondary N) is 1. The molecule has 0 bridgehead atoms. The van der Waals surface area contributed by atoms with Crippen molar-refractivity contribution in [1.29, 1.82) is 0 Å². The third kappa shape index (κ3) is 4.97. The van der Waals surface area contributed by atoms with Crippen LogP contribution in [0.2, 0.25) is 0 Å². The van der Waals surface area contributed by atoms with E-state index in [0.717, 1.165) is 15.3 Å². The van der Waals surface area contributed by atoms with Crippen LogP contribution in [0.5, 0.6) is 0 Å². The number of benzene rings is 2. The Hall–Kier alpha value is -2.81. The van der Waals surface area contributed by atoms with Crippen molar-refractivity contribution in [2.45, 2.75) is 18.7 Å². The average Bonchev–Trinajstić information content (AvgIpc) is 3.12. The number of amides is 1. The van der Waals surface area contributed by atoms with Gasteiger partial charge in [-0.05, 0) is 61.4 Å². The van der Waals surface area contributed by atoms with Crippen LogP contribution in [0.3, 0.4) is 0 Å². The number of aryl methyl sites for hydroxylation is 1. The van der Waals surface area contributed by atoms with E-state index in [-0.39, 0.29) is 10.7 Å². The molecular weight excluding hydrogens is 411 g/mol. The normalized spacial score (nSPS) is 11.7.